The predicted octanol–water partition coefficient (Wildman–Crippen LogP) is 2.24. The maximum Gasteiger partial charge on any atom is 0.122 e. The summed E-state index contributed by atoms with van der Waals surface area (Å²) < 4.78 is 16.6. The van der Waals surface area contributed by atoms with Gasteiger partial charge in [-0.2, -0.15) is 0 Å². The van der Waals surface area contributed by atoms with Crippen molar-refractivity contribution in [2.75, 3.05) is 26.4 Å². The van der Waals surface area contributed by atoms with Crippen LogP contribution in [0.4, 0.5) is 0 Å². The van der Waals surface area contributed by atoms with Crippen LogP contribution in [-0.4, -0.2) is 43.7 Å². The smallest absolute Gasteiger partial charge is 0.122 e. The molecule has 0 amide bonds. The van der Waals surface area contributed by atoms with E-state index in [1.54, 1.807) is 0 Å². The molecule has 4 heteroatoms. The molecule has 0 aliphatic carbocycles. The number of benzene rings is 1. The molecule has 1 aliphatic heterocycles. The van der Waals surface area contributed by atoms with Gasteiger partial charge in [0.25, 0.3) is 0 Å². The quantitative estimate of drug-likeness (QED) is 0.868. The van der Waals surface area contributed by atoms with E-state index in [1.807, 2.05) is 26.0 Å². The van der Waals surface area contributed by atoms with Crippen LogP contribution in [0.1, 0.15) is 24.0 Å². The number of hydrogen-bond acceptors (Lipinski definition) is 4. The Morgan fingerprint density at radius 1 is 1.25 bits per heavy atom. The third-order valence-electron chi connectivity index (χ3n) is 3.45. The SMILES string of the molecule is Cc1ccc(OCC(O)COC2CCOCC2)c(C)c1. The standard InChI is InChI=1S/C16H24O4/c1-12-3-4-16(13(2)9-12)20-11-14(17)10-19-15-5-7-18-8-6-15/h3-4,9,14-15,17H,5-8,10-11H2,1-2H3. The Hall–Kier alpha value is -1.10. The summed E-state index contributed by atoms with van der Waals surface area (Å²) in [6.07, 6.45) is 1.42. The molecule has 1 aromatic rings. The maximum atomic E-state index is 9.91. The fraction of sp³-hybridized carbons (Fsp3) is 0.625. The van der Waals surface area contributed by atoms with Crippen LogP contribution in [0.2, 0.25) is 0 Å². The van der Waals surface area contributed by atoms with E-state index in [1.165, 1.54) is 5.56 Å². The van der Waals surface area contributed by atoms with E-state index in [-0.39, 0.29) is 12.7 Å². The summed E-state index contributed by atoms with van der Waals surface area (Å²) in [6.45, 7) is 6.13. The van der Waals surface area contributed by atoms with Crippen LogP contribution in [0.15, 0.2) is 18.2 Å². The highest BCUT2D eigenvalue weighted by Gasteiger charge is 2.16. The van der Waals surface area contributed by atoms with Crippen molar-refractivity contribution in [2.24, 2.45) is 0 Å². The molecule has 0 saturated carbocycles. The third-order valence-corrected chi connectivity index (χ3v) is 3.45. The Balaban J connectivity index is 1.70. The molecule has 1 fully saturated rings. The van der Waals surface area contributed by atoms with E-state index in [9.17, 15) is 5.11 Å². The Kier molecular flexibility index (Phi) is 5.83. The maximum absolute atomic E-state index is 9.91. The van der Waals surface area contributed by atoms with Crippen molar-refractivity contribution >= 4 is 0 Å². The molecule has 1 N–H and O–H groups in total. The molecule has 1 aromatic carbocycles. The lowest BCUT2D eigenvalue weighted by atomic mass is 10.1. The Morgan fingerprint density at radius 2 is 2.00 bits per heavy atom. The van der Waals surface area contributed by atoms with Crippen LogP contribution in [-0.2, 0) is 9.47 Å². The van der Waals surface area contributed by atoms with E-state index in [0.29, 0.717) is 6.61 Å². The van der Waals surface area contributed by atoms with Crippen molar-refractivity contribution in [1.29, 1.82) is 0 Å². The van der Waals surface area contributed by atoms with Gasteiger partial charge < -0.3 is 19.3 Å². The van der Waals surface area contributed by atoms with E-state index in [0.717, 1.165) is 37.4 Å². The van der Waals surface area contributed by atoms with Gasteiger partial charge in [0.15, 0.2) is 0 Å². The van der Waals surface area contributed by atoms with E-state index in [4.69, 9.17) is 14.2 Å². The first-order chi connectivity index (χ1) is 9.65. The van der Waals surface area contributed by atoms with Gasteiger partial charge in [-0.3, -0.25) is 0 Å². The van der Waals surface area contributed by atoms with Crippen LogP contribution in [0.5, 0.6) is 5.75 Å². The minimum absolute atomic E-state index is 0.208. The van der Waals surface area contributed by atoms with Gasteiger partial charge in [0.05, 0.1) is 12.7 Å². The monoisotopic (exact) mass is 280 g/mol. The highest BCUT2D eigenvalue weighted by Crippen LogP contribution is 2.19. The summed E-state index contributed by atoms with van der Waals surface area (Å²) >= 11 is 0. The average Bonchev–Trinajstić information content (AvgIpc) is 2.45. The fourth-order valence-corrected chi connectivity index (χ4v) is 2.29. The van der Waals surface area contributed by atoms with Crippen LogP contribution >= 0.6 is 0 Å². The molecule has 4 nitrogen and oxygen atoms in total. The van der Waals surface area contributed by atoms with Gasteiger partial charge in [-0.15, -0.1) is 0 Å². The molecule has 112 valence electrons. The molecule has 0 bridgehead atoms. The van der Waals surface area contributed by atoms with Crippen molar-refractivity contribution in [3.05, 3.63) is 29.3 Å². The summed E-state index contributed by atoms with van der Waals surface area (Å²) in [6, 6.07) is 6.02. The molecule has 1 saturated heterocycles. The number of aliphatic hydroxyl groups is 1. The lowest BCUT2D eigenvalue weighted by Gasteiger charge is -2.23. The Morgan fingerprint density at radius 3 is 2.70 bits per heavy atom. The molecule has 1 unspecified atom stereocenters. The minimum atomic E-state index is -0.599. The minimum Gasteiger partial charge on any atom is -0.491 e. The van der Waals surface area contributed by atoms with Crippen molar-refractivity contribution in [1.82, 2.24) is 0 Å². The van der Waals surface area contributed by atoms with Gasteiger partial charge in [-0.05, 0) is 38.3 Å². The summed E-state index contributed by atoms with van der Waals surface area (Å²) in [7, 11) is 0. The van der Waals surface area contributed by atoms with Crippen molar-refractivity contribution in [2.45, 2.75) is 38.9 Å². The fourth-order valence-electron chi connectivity index (χ4n) is 2.29. The number of hydrogen-bond donors (Lipinski definition) is 1. The van der Waals surface area contributed by atoms with Gasteiger partial charge in [0.2, 0.25) is 0 Å². The first-order valence-corrected chi connectivity index (χ1v) is 7.22. The average molecular weight is 280 g/mol. The molecular weight excluding hydrogens is 256 g/mol. The molecule has 1 atom stereocenters. The summed E-state index contributed by atoms with van der Waals surface area (Å²) in [5.74, 6) is 0.820. The third kappa shape index (κ3) is 4.78. The largest absolute Gasteiger partial charge is 0.491 e. The molecular formula is C16H24O4. The molecule has 0 radical (unpaired) electrons. The molecule has 0 aromatic heterocycles. The zero-order chi connectivity index (χ0) is 14.4. The van der Waals surface area contributed by atoms with Gasteiger partial charge in [-0.25, -0.2) is 0 Å². The zero-order valence-corrected chi connectivity index (χ0v) is 12.3. The molecule has 0 spiro atoms. The van der Waals surface area contributed by atoms with Crippen LogP contribution in [0.25, 0.3) is 0 Å². The summed E-state index contributed by atoms with van der Waals surface area (Å²) in [4.78, 5) is 0. The number of aryl methyl sites for hydroxylation is 2. The number of rotatable bonds is 6. The van der Waals surface area contributed by atoms with Gasteiger partial charge in [-0.1, -0.05) is 17.7 Å². The Bertz CT molecular complexity index is 413. The van der Waals surface area contributed by atoms with E-state index < -0.39 is 6.10 Å². The molecule has 20 heavy (non-hydrogen) atoms. The van der Waals surface area contributed by atoms with Crippen molar-refractivity contribution in [3.8, 4) is 5.75 Å². The van der Waals surface area contributed by atoms with Crippen LogP contribution < -0.4 is 4.74 Å². The van der Waals surface area contributed by atoms with Crippen molar-refractivity contribution < 1.29 is 19.3 Å². The van der Waals surface area contributed by atoms with E-state index >= 15 is 0 Å². The number of ether oxygens (including phenoxy) is 3. The molecule has 1 heterocycles. The molecule has 2 rings (SSSR count). The topological polar surface area (TPSA) is 47.9 Å². The summed E-state index contributed by atoms with van der Waals surface area (Å²) in [5.41, 5.74) is 2.29. The molecule has 1 aliphatic rings. The normalized spacial score (nSPS) is 17.9. The second kappa shape index (κ2) is 7.62. The predicted molar refractivity (Wildman–Crippen MR) is 77.2 cm³/mol. The van der Waals surface area contributed by atoms with Crippen molar-refractivity contribution in [3.63, 3.8) is 0 Å². The summed E-state index contributed by atoms with van der Waals surface area (Å²) in [5, 5.41) is 9.91. The highest BCUT2D eigenvalue weighted by atomic mass is 16.5. The van der Waals surface area contributed by atoms with Gasteiger partial charge in [0.1, 0.15) is 18.5 Å². The first-order valence-electron chi connectivity index (χ1n) is 7.22. The van der Waals surface area contributed by atoms with Gasteiger partial charge in [0, 0.05) is 13.2 Å². The van der Waals surface area contributed by atoms with E-state index in [2.05, 4.69) is 6.07 Å². The van der Waals surface area contributed by atoms with Crippen LogP contribution in [0, 0.1) is 13.8 Å². The lowest BCUT2D eigenvalue weighted by molar-refractivity contribution is -0.0659. The van der Waals surface area contributed by atoms with Gasteiger partial charge >= 0.3 is 0 Å². The second-order valence-corrected chi connectivity index (χ2v) is 5.38. The first kappa shape index (κ1) is 15.3. The lowest BCUT2D eigenvalue weighted by Crippen LogP contribution is -2.30. The van der Waals surface area contributed by atoms with Crippen LogP contribution in [0.3, 0.4) is 0 Å². The second-order valence-electron chi connectivity index (χ2n) is 5.38. The zero-order valence-electron chi connectivity index (χ0n) is 12.3. The Labute approximate surface area is 120 Å². The highest BCUT2D eigenvalue weighted by molar-refractivity contribution is 5.35. The number of aliphatic hydroxyl groups excluding tert-OH is 1.